The molecule has 0 spiro atoms. The molecule has 1 N–H and O–H groups in total. The minimum absolute atomic E-state index is 0.905. The van der Waals surface area contributed by atoms with Gasteiger partial charge in [0.05, 0.1) is 5.75 Å². The van der Waals surface area contributed by atoms with E-state index in [0.717, 1.165) is 23.3 Å². The molecule has 0 fully saturated rings. The number of nitrogens with one attached hydrogen (secondary N) is 1. The van der Waals surface area contributed by atoms with Crippen molar-refractivity contribution in [2.24, 2.45) is 0 Å². The molecule has 62 valence electrons. The van der Waals surface area contributed by atoms with E-state index in [1.54, 1.807) is 11.8 Å². The van der Waals surface area contributed by atoms with Gasteiger partial charge < -0.3 is 5.32 Å². The molecule has 0 aromatic carbocycles. The summed E-state index contributed by atoms with van der Waals surface area (Å²) < 4.78 is 4.17. The number of aromatic nitrogens is 2. The van der Waals surface area contributed by atoms with Crippen LogP contribution in [0, 0.1) is 0 Å². The molecule has 0 saturated carbocycles. The van der Waals surface area contributed by atoms with Gasteiger partial charge in [-0.2, -0.15) is 16.1 Å². The first-order chi connectivity index (χ1) is 5.36. The molecule has 1 rings (SSSR count). The second-order valence-corrected chi connectivity index (χ2v) is 3.60. The van der Waals surface area contributed by atoms with Gasteiger partial charge in [-0.25, -0.2) is 4.98 Å². The molecule has 0 aliphatic rings. The summed E-state index contributed by atoms with van der Waals surface area (Å²) in [6.45, 7) is 2.96. The average molecular weight is 189 g/mol. The van der Waals surface area contributed by atoms with Crippen LogP contribution in [0.2, 0.25) is 0 Å². The number of rotatable bonds is 4. The molecular formula is C6H11N3S2. The Bertz CT molecular complexity index is 191. The van der Waals surface area contributed by atoms with Crippen molar-refractivity contribution in [3.05, 3.63) is 5.82 Å². The molecule has 1 heterocycles. The molecule has 0 bridgehead atoms. The highest BCUT2D eigenvalue weighted by Crippen LogP contribution is 2.13. The van der Waals surface area contributed by atoms with Gasteiger partial charge in [-0.1, -0.05) is 0 Å². The lowest BCUT2D eigenvalue weighted by Gasteiger charge is -1.91. The van der Waals surface area contributed by atoms with Gasteiger partial charge in [-0.3, -0.25) is 0 Å². The van der Waals surface area contributed by atoms with E-state index >= 15 is 0 Å². The molecule has 0 aliphatic heterocycles. The number of thioether (sulfide) groups is 1. The molecule has 0 atom stereocenters. The third-order valence-electron chi connectivity index (χ3n) is 1.07. The van der Waals surface area contributed by atoms with Gasteiger partial charge in [0.25, 0.3) is 0 Å². The van der Waals surface area contributed by atoms with Crippen LogP contribution in [0.15, 0.2) is 0 Å². The molecule has 0 aliphatic carbocycles. The molecule has 0 unspecified atom stereocenters. The fourth-order valence-electron chi connectivity index (χ4n) is 0.665. The highest BCUT2D eigenvalue weighted by Gasteiger charge is 2.00. The van der Waals surface area contributed by atoms with Gasteiger partial charge in [-0.15, -0.1) is 0 Å². The maximum atomic E-state index is 4.27. The zero-order valence-electron chi connectivity index (χ0n) is 6.63. The third-order valence-corrected chi connectivity index (χ3v) is 2.33. The standard InChI is InChI=1S/C6H11N3S2/c1-3-7-6-8-5(4-10-2)9-11-6/h3-4H2,1-2H3,(H,7,8,9). The van der Waals surface area contributed by atoms with E-state index in [4.69, 9.17) is 0 Å². The first-order valence-electron chi connectivity index (χ1n) is 3.42. The minimum Gasteiger partial charge on any atom is -0.361 e. The van der Waals surface area contributed by atoms with Crippen LogP contribution in [0.3, 0.4) is 0 Å². The Hall–Kier alpha value is -0.290. The number of anilines is 1. The average Bonchev–Trinajstić information content (AvgIpc) is 2.38. The fourth-order valence-corrected chi connectivity index (χ4v) is 1.79. The second-order valence-electron chi connectivity index (χ2n) is 1.98. The maximum absolute atomic E-state index is 4.27. The van der Waals surface area contributed by atoms with Gasteiger partial charge in [-0.05, 0) is 13.2 Å². The number of hydrogen-bond acceptors (Lipinski definition) is 5. The van der Waals surface area contributed by atoms with E-state index < -0.39 is 0 Å². The molecule has 0 amide bonds. The SMILES string of the molecule is CCNc1nc(CSC)ns1. The van der Waals surface area contributed by atoms with E-state index in [1.165, 1.54) is 11.5 Å². The molecule has 11 heavy (non-hydrogen) atoms. The largest absolute Gasteiger partial charge is 0.361 e. The minimum atomic E-state index is 0.905. The Balaban J connectivity index is 2.51. The Morgan fingerprint density at radius 1 is 1.64 bits per heavy atom. The lowest BCUT2D eigenvalue weighted by atomic mass is 10.7. The van der Waals surface area contributed by atoms with Crippen molar-refractivity contribution in [1.82, 2.24) is 9.36 Å². The summed E-state index contributed by atoms with van der Waals surface area (Å²) in [5, 5.41) is 4.05. The fraction of sp³-hybridized carbons (Fsp3) is 0.667. The van der Waals surface area contributed by atoms with Crippen LogP contribution in [-0.2, 0) is 5.75 Å². The summed E-state index contributed by atoms with van der Waals surface area (Å²) in [4.78, 5) is 4.27. The van der Waals surface area contributed by atoms with Crippen LogP contribution in [-0.4, -0.2) is 22.2 Å². The number of nitrogens with zero attached hydrogens (tertiary/aromatic N) is 2. The van der Waals surface area contributed by atoms with Crippen molar-refractivity contribution in [1.29, 1.82) is 0 Å². The van der Waals surface area contributed by atoms with Crippen molar-refractivity contribution >= 4 is 28.4 Å². The highest BCUT2D eigenvalue weighted by atomic mass is 32.2. The highest BCUT2D eigenvalue weighted by molar-refractivity contribution is 7.97. The van der Waals surface area contributed by atoms with E-state index in [-0.39, 0.29) is 0 Å². The van der Waals surface area contributed by atoms with Gasteiger partial charge in [0.1, 0.15) is 0 Å². The van der Waals surface area contributed by atoms with E-state index in [1.807, 2.05) is 6.26 Å². The van der Waals surface area contributed by atoms with Gasteiger partial charge in [0.15, 0.2) is 5.82 Å². The van der Waals surface area contributed by atoms with Gasteiger partial charge >= 0.3 is 0 Å². The van der Waals surface area contributed by atoms with Crippen molar-refractivity contribution in [3.8, 4) is 0 Å². The van der Waals surface area contributed by atoms with Crippen LogP contribution in [0.25, 0.3) is 0 Å². The summed E-state index contributed by atoms with van der Waals surface area (Å²) in [6, 6.07) is 0. The van der Waals surface area contributed by atoms with E-state index in [2.05, 4.69) is 21.6 Å². The second kappa shape index (κ2) is 4.56. The number of hydrogen-bond donors (Lipinski definition) is 1. The Labute approximate surface area is 74.8 Å². The first-order valence-corrected chi connectivity index (χ1v) is 5.59. The van der Waals surface area contributed by atoms with Crippen molar-refractivity contribution in [2.75, 3.05) is 18.1 Å². The molecular weight excluding hydrogens is 178 g/mol. The molecule has 3 nitrogen and oxygen atoms in total. The summed E-state index contributed by atoms with van der Waals surface area (Å²) in [6.07, 6.45) is 2.05. The Kier molecular flexibility index (Phi) is 3.65. The first kappa shape index (κ1) is 8.80. The molecule has 0 radical (unpaired) electrons. The quantitative estimate of drug-likeness (QED) is 0.784. The van der Waals surface area contributed by atoms with Crippen molar-refractivity contribution < 1.29 is 0 Å². The maximum Gasteiger partial charge on any atom is 0.202 e. The third kappa shape index (κ3) is 2.67. The molecule has 5 heteroatoms. The zero-order valence-corrected chi connectivity index (χ0v) is 8.26. The van der Waals surface area contributed by atoms with Crippen LogP contribution in [0.5, 0.6) is 0 Å². The van der Waals surface area contributed by atoms with Gasteiger partial charge in [0, 0.05) is 18.1 Å². The summed E-state index contributed by atoms with van der Waals surface area (Å²) >= 11 is 3.17. The predicted octanol–water partition coefficient (Wildman–Crippen LogP) is 1.83. The van der Waals surface area contributed by atoms with Crippen molar-refractivity contribution in [3.63, 3.8) is 0 Å². The monoisotopic (exact) mass is 189 g/mol. The van der Waals surface area contributed by atoms with Crippen LogP contribution in [0.1, 0.15) is 12.7 Å². The van der Waals surface area contributed by atoms with Crippen LogP contribution >= 0.6 is 23.3 Å². The van der Waals surface area contributed by atoms with E-state index in [9.17, 15) is 0 Å². The normalized spacial score (nSPS) is 10.0. The Morgan fingerprint density at radius 2 is 2.45 bits per heavy atom. The lowest BCUT2D eigenvalue weighted by molar-refractivity contribution is 1.11. The summed E-state index contributed by atoms with van der Waals surface area (Å²) in [7, 11) is 0. The van der Waals surface area contributed by atoms with E-state index in [0.29, 0.717) is 0 Å². The van der Waals surface area contributed by atoms with Crippen molar-refractivity contribution in [2.45, 2.75) is 12.7 Å². The summed E-state index contributed by atoms with van der Waals surface area (Å²) in [5.41, 5.74) is 0. The molecule has 0 saturated heterocycles. The Morgan fingerprint density at radius 3 is 3.09 bits per heavy atom. The summed E-state index contributed by atoms with van der Waals surface area (Å²) in [5.74, 6) is 1.83. The topological polar surface area (TPSA) is 37.8 Å². The van der Waals surface area contributed by atoms with Gasteiger partial charge in [0.2, 0.25) is 5.13 Å². The molecule has 1 aromatic rings. The molecule has 1 aromatic heterocycles. The smallest absolute Gasteiger partial charge is 0.202 e. The lowest BCUT2D eigenvalue weighted by Crippen LogP contribution is -1.95. The van der Waals surface area contributed by atoms with Crippen LogP contribution < -0.4 is 5.32 Å². The zero-order chi connectivity index (χ0) is 8.10. The predicted molar refractivity (Wildman–Crippen MR) is 51.3 cm³/mol. The van der Waals surface area contributed by atoms with Crippen LogP contribution in [0.4, 0.5) is 5.13 Å².